The van der Waals surface area contributed by atoms with E-state index in [0.29, 0.717) is 17.6 Å². The standard InChI is InChI=1S/C13H15BrFNO2/c1-18-9-5-7-16(8-6-9)13(17)10-3-2-4-11(14)12(10)15/h2-4,9H,5-8H2,1H3. The zero-order valence-corrected chi connectivity index (χ0v) is 11.7. The molecule has 1 amide bonds. The zero-order valence-electron chi connectivity index (χ0n) is 10.2. The molecule has 1 fully saturated rings. The van der Waals surface area contributed by atoms with Gasteiger partial charge in [0.2, 0.25) is 0 Å². The predicted molar refractivity (Wildman–Crippen MR) is 70.0 cm³/mol. The van der Waals surface area contributed by atoms with Crippen LogP contribution in [0, 0.1) is 5.82 Å². The Labute approximate surface area is 114 Å². The number of ether oxygens (including phenoxy) is 1. The second kappa shape index (κ2) is 5.80. The van der Waals surface area contributed by atoms with Gasteiger partial charge in [-0.25, -0.2) is 4.39 Å². The highest BCUT2D eigenvalue weighted by Gasteiger charge is 2.25. The van der Waals surface area contributed by atoms with Crippen molar-refractivity contribution in [2.45, 2.75) is 18.9 Å². The van der Waals surface area contributed by atoms with Crippen LogP contribution in [0.5, 0.6) is 0 Å². The molecule has 0 spiro atoms. The summed E-state index contributed by atoms with van der Waals surface area (Å²) in [5, 5.41) is 0. The van der Waals surface area contributed by atoms with Gasteiger partial charge in [-0.05, 0) is 40.9 Å². The highest BCUT2D eigenvalue weighted by atomic mass is 79.9. The van der Waals surface area contributed by atoms with E-state index >= 15 is 0 Å². The third kappa shape index (κ3) is 2.72. The first-order valence-corrected chi connectivity index (χ1v) is 6.69. The normalized spacial score (nSPS) is 16.9. The fourth-order valence-corrected chi connectivity index (χ4v) is 2.50. The Morgan fingerprint density at radius 3 is 2.72 bits per heavy atom. The number of likely N-dealkylation sites (tertiary alicyclic amines) is 1. The Morgan fingerprint density at radius 2 is 2.11 bits per heavy atom. The molecule has 1 aromatic rings. The molecule has 0 aliphatic carbocycles. The summed E-state index contributed by atoms with van der Waals surface area (Å²) in [6.45, 7) is 1.23. The minimum atomic E-state index is -0.489. The number of hydrogen-bond donors (Lipinski definition) is 0. The third-order valence-electron chi connectivity index (χ3n) is 3.24. The summed E-state index contributed by atoms with van der Waals surface area (Å²) in [5.41, 5.74) is 0.125. The summed E-state index contributed by atoms with van der Waals surface area (Å²) in [5.74, 6) is -0.736. The van der Waals surface area contributed by atoms with Gasteiger partial charge >= 0.3 is 0 Å². The van der Waals surface area contributed by atoms with Crippen LogP contribution in [0.3, 0.4) is 0 Å². The van der Waals surface area contributed by atoms with Crippen molar-refractivity contribution in [2.24, 2.45) is 0 Å². The van der Waals surface area contributed by atoms with E-state index in [9.17, 15) is 9.18 Å². The van der Waals surface area contributed by atoms with E-state index in [1.807, 2.05) is 0 Å². The molecule has 0 unspecified atom stereocenters. The van der Waals surface area contributed by atoms with Crippen molar-refractivity contribution in [1.29, 1.82) is 0 Å². The van der Waals surface area contributed by atoms with E-state index in [4.69, 9.17) is 4.74 Å². The predicted octanol–water partition coefficient (Wildman–Crippen LogP) is 2.84. The number of piperidine rings is 1. The molecule has 0 radical (unpaired) electrons. The summed E-state index contributed by atoms with van der Waals surface area (Å²) in [6.07, 6.45) is 1.82. The van der Waals surface area contributed by atoms with E-state index in [2.05, 4.69) is 15.9 Å². The maximum atomic E-state index is 13.8. The lowest BCUT2D eigenvalue weighted by atomic mass is 10.1. The molecule has 0 aromatic heterocycles. The van der Waals surface area contributed by atoms with Crippen molar-refractivity contribution >= 4 is 21.8 Å². The molecule has 1 saturated heterocycles. The van der Waals surface area contributed by atoms with E-state index < -0.39 is 5.82 Å². The second-order valence-electron chi connectivity index (χ2n) is 4.33. The molecule has 0 N–H and O–H groups in total. The van der Waals surface area contributed by atoms with Gasteiger partial charge in [-0.15, -0.1) is 0 Å². The smallest absolute Gasteiger partial charge is 0.256 e. The minimum Gasteiger partial charge on any atom is -0.381 e. The van der Waals surface area contributed by atoms with Crippen LogP contribution in [0.1, 0.15) is 23.2 Å². The number of rotatable bonds is 2. The Bertz CT molecular complexity index is 445. The van der Waals surface area contributed by atoms with Gasteiger partial charge in [0, 0.05) is 20.2 Å². The van der Waals surface area contributed by atoms with Crippen molar-refractivity contribution in [1.82, 2.24) is 4.90 Å². The van der Waals surface area contributed by atoms with Crippen LogP contribution in [0.15, 0.2) is 22.7 Å². The SMILES string of the molecule is COC1CCN(C(=O)c2cccc(Br)c2F)CC1. The molecule has 1 heterocycles. The maximum absolute atomic E-state index is 13.8. The topological polar surface area (TPSA) is 29.5 Å². The molecular formula is C13H15BrFNO2. The van der Waals surface area contributed by atoms with Gasteiger partial charge in [0.05, 0.1) is 16.1 Å². The number of methoxy groups -OCH3 is 1. The highest BCUT2D eigenvalue weighted by Crippen LogP contribution is 2.22. The molecular weight excluding hydrogens is 301 g/mol. The quantitative estimate of drug-likeness (QED) is 0.840. The first-order chi connectivity index (χ1) is 8.63. The van der Waals surface area contributed by atoms with Crippen molar-refractivity contribution in [2.75, 3.05) is 20.2 Å². The minimum absolute atomic E-state index is 0.125. The van der Waals surface area contributed by atoms with Crippen LogP contribution in [0.4, 0.5) is 4.39 Å². The summed E-state index contributed by atoms with van der Waals surface area (Å²) in [6, 6.07) is 4.77. The average molecular weight is 316 g/mol. The van der Waals surface area contributed by atoms with Crippen LogP contribution in [-0.4, -0.2) is 37.1 Å². The fraction of sp³-hybridized carbons (Fsp3) is 0.462. The van der Waals surface area contributed by atoms with Crippen LogP contribution in [-0.2, 0) is 4.74 Å². The van der Waals surface area contributed by atoms with Crippen molar-refractivity contribution in [3.63, 3.8) is 0 Å². The van der Waals surface area contributed by atoms with Gasteiger partial charge in [0.1, 0.15) is 5.82 Å². The molecule has 0 saturated carbocycles. The molecule has 1 aliphatic heterocycles. The summed E-state index contributed by atoms with van der Waals surface area (Å²) >= 11 is 3.09. The fourth-order valence-electron chi connectivity index (χ4n) is 2.13. The molecule has 3 nitrogen and oxygen atoms in total. The average Bonchev–Trinajstić information content (AvgIpc) is 2.41. The zero-order chi connectivity index (χ0) is 13.1. The van der Waals surface area contributed by atoms with E-state index in [1.165, 1.54) is 6.07 Å². The van der Waals surface area contributed by atoms with Crippen LogP contribution in [0.25, 0.3) is 0 Å². The number of hydrogen-bond acceptors (Lipinski definition) is 2. The number of amides is 1. The van der Waals surface area contributed by atoms with Gasteiger partial charge in [-0.1, -0.05) is 6.07 Å². The van der Waals surface area contributed by atoms with Gasteiger partial charge < -0.3 is 9.64 Å². The molecule has 1 aliphatic rings. The monoisotopic (exact) mass is 315 g/mol. The summed E-state index contributed by atoms with van der Waals surface area (Å²) < 4.78 is 19.4. The van der Waals surface area contributed by atoms with Crippen LogP contribution >= 0.6 is 15.9 Å². The van der Waals surface area contributed by atoms with Gasteiger partial charge in [0.15, 0.2) is 0 Å². The number of carbonyl (C=O) groups excluding carboxylic acids is 1. The Hall–Kier alpha value is -0.940. The first kappa shape index (κ1) is 13.5. The Balaban J connectivity index is 2.10. The third-order valence-corrected chi connectivity index (χ3v) is 3.86. The highest BCUT2D eigenvalue weighted by molar-refractivity contribution is 9.10. The lowest BCUT2D eigenvalue weighted by molar-refractivity contribution is 0.0348. The molecule has 1 aromatic carbocycles. The van der Waals surface area contributed by atoms with Crippen molar-refractivity contribution < 1.29 is 13.9 Å². The Kier molecular flexibility index (Phi) is 4.35. The molecule has 2 rings (SSSR count). The molecule has 18 heavy (non-hydrogen) atoms. The second-order valence-corrected chi connectivity index (χ2v) is 5.18. The number of benzene rings is 1. The molecule has 0 atom stereocenters. The van der Waals surface area contributed by atoms with Crippen molar-refractivity contribution in [3.05, 3.63) is 34.1 Å². The van der Waals surface area contributed by atoms with Gasteiger partial charge in [0.25, 0.3) is 5.91 Å². The molecule has 0 bridgehead atoms. The van der Waals surface area contributed by atoms with Gasteiger partial charge in [-0.3, -0.25) is 4.79 Å². The summed E-state index contributed by atoms with van der Waals surface area (Å²) in [4.78, 5) is 13.9. The largest absolute Gasteiger partial charge is 0.381 e. The number of halogens is 2. The van der Waals surface area contributed by atoms with E-state index in [1.54, 1.807) is 24.1 Å². The van der Waals surface area contributed by atoms with Crippen LogP contribution in [0.2, 0.25) is 0 Å². The Morgan fingerprint density at radius 1 is 1.44 bits per heavy atom. The number of carbonyl (C=O) groups is 1. The maximum Gasteiger partial charge on any atom is 0.256 e. The van der Waals surface area contributed by atoms with E-state index in [0.717, 1.165) is 12.8 Å². The van der Waals surface area contributed by atoms with E-state index in [-0.39, 0.29) is 17.6 Å². The lowest BCUT2D eigenvalue weighted by Gasteiger charge is -2.31. The van der Waals surface area contributed by atoms with Crippen molar-refractivity contribution in [3.8, 4) is 0 Å². The lowest BCUT2D eigenvalue weighted by Crippen LogP contribution is -2.40. The number of nitrogens with zero attached hydrogens (tertiary/aromatic N) is 1. The molecule has 5 heteroatoms. The molecule has 98 valence electrons. The van der Waals surface area contributed by atoms with Crippen LogP contribution < -0.4 is 0 Å². The van der Waals surface area contributed by atoms with Gasteiger partial charge in [-0.2, -0.15) is 0 Å². The first-order valence-electron chi connectivity index (χ1n) is 5.89. The summed E-state index contributed by atoms with van der Waals surface area (Å²) in [7, 11) is 1.68.